The number of nitrogens with one attached hydrogen (secondary N) is 1. The van der Waals surface area contributed by atoms with E-state index in [-0.39, 0.29) is 11.3 Å². The van der Waals surface area contributed by atoms with Gasteiger partial charge in [0.25, 0.3) is 0 Å². The summed E-state index contributed by atoms with van der Waals surface area (Å²) in [5, 5.41) is 11.3. The zero-order valence-corrected chi connectivity index (χ0v) is 13.8. The van der Waals surface area contributed by atoms with Crippen LogP contribution >= 0.6 is 0 Å². The van der Waals surface area contributed by atoms with Crippen LogP contribution < -0.4 is 9.83 Å². The van der Waals surface area contributed by atoms with Crippen LogP contribution in [0.25, 0.3) is 0 Å². The van der Waals surface area contributed by atoms with Gasteiger partial charge in [0.15, 0.2) is 0 Å². The average molecular weight is 332 g/mol. The van der Waals surface area contributed by atoms with E-state index in [4.69, 9.17) is 0 Å². The van der Waals surface area contributed by atoms with Gasteiger partial charge in [-0.3, -0.25) is 0 Å². The van der Waals surface area contributed by atoms with Gasteiger partial charge < -0.3 is 9.90 Å². The van der Waals surface area contributed by atoms with Crippen molar-refractivity contribution >= 4 is 16.0 Å². The van der Waals surface area contributed by atoms with Gasteiger partial charge in [0.05, 0.1) is 16.9 Å². The number of hydrogen-bond acceptors (Lipinski definition) is 4. The molecule has 5 nitrogen and oxygen atoms in total. The van der Waals surface area contributed by atoms with E-state index in [0.717, 1.165) is 11.1 Å². The van der Waals surface area contributed by atoms with Gasteiger partial charge in [-0.15, -0.1) is 0 Å². The summed E-state index contributed by atoms with van der Waals surface area (Å²) in [6.07, 6.45) is 0.0211. The molecule has 0 heterocycles. The van der Waals surface area contributed by atoms with Gasteiger partial charge in [0.2, 0.25) is 10.0 Å². The quantitative estimate of drug-likeness (QED) is 0.853. The van der Waals surface area contributed by atoms with Gasteiger partial charge in [-0.05, 0) is 49.1 Å². The maximum atomic E-state index is 12.4. The minimum absolute atomic E-state index is 0.0211. The molecule has 6 heteroatoms. The Morgan fingerprint density at radius 1 is 1.09 bits per heavy atom. The zero-order valence-electron chi connectivity index (χ0n) is 12.9. The SMILES string of the molecule is Cc1ccc(S(=O)(=O)NC(Cc2ccccc2)C(=O)[O-])cc1C. The van der Waals surface area contributed by atoms with Gasteiger partial charge >= 0.3 is 0 Å². The third kappa shape index (κ3) is 4.40. The minimum atomic E-state index is -3.93. The summed E-state index contributed by atoms with van der Waals surface area (Å²) in [5.74, 6) is -1.46. The molecule has 0 fully saturated rings. The first-order valence-corrected chi connectivity index (χ1v) is 8.62. The van der Waals surface area contributed by atoms with Gasteiger partial charge in [0.1, 0.15) is 0 Å². The molecule has 0 aliphatic heterocycles. The van der Waals surface area contributed by atoms with E-state index < -0.39 is 22.0 Å². The smallest absolute Gasteiger partial charge is 0.241 e. The second-order valence-electron chi connectivity index (χ2n) is 5.43. The van der Waals surface area contributed by atoms with E-state index in [1.165, 1.54) is 12.1 Å². The molecule has 0 spiro atoms. The molecular formula is C17H18NO4S-. The van der Waals surface area contributed by atoms with E-state index in [1.54, 1.807) is 43.3 Å². The van der Waals surface area contributed by atoms with Crippen molar-refractivity contribution in [2.24, 2.45) is 0 Å². The Bertz CT molecular complexity index is 801. The van der Waals surface area contributed by atoms with Crippen molar-refractivity contribution in [1.29, 1.82) is 0 Å². The summed E-state index contributed by atoms with van der Waals surface area (Å²) in [6.45, 7) is 3.67. The lowest BCUT2D eigenvalue weighted by molar-refractivity contribution is -0.307. The number of aliphatic carboxylic acids is 1. The molecule has 0 aliphatic rings. The summed E-state index contributed by atoms with van der Waals surface area (Å²) >= 11 is 0. The lowest BCUT2D eigenvalue weighted by Gasteiger charge is -2.20. The lowest BCUT2D eigenvalue weighted by Crippen LogP contribution is -2.49. The van der Waals surface area contributed by atoms with Crippen LogP contribution in [0.15, 0.2) is 53.4 Å². The summed E-state index contributed by atoms with van der Waals surface area (Å²) in [5.41, 5.74) is 2.50. The summed E-state index contributed by atoms with van der Waals surface area (Å²) < 4.78 is 27.0. The van der Waals surface area contributed by atoms with Crippen LogP contribution in [-0.2, 0) is 21.2 Å². The maximum absolute atomic E-state index is 12.4. The van der Waals surface area contributed by atoms with Crippen LogP contribution in [0.4, 0.5) is 0 Å². The highest BCUT2D eigenvalue weighted by Crippen LogP contribution is 2.15. The minimum Gasteiger partial charge on any atom is -0.548 e. The average Bonchev–Trinajstić information content (AvgIpc) is 2.50. The molecule has 0 saturated heterocycles. The molecule has 0 saturated carbocycles. The fourth-order valence-corrected chi connectivity index (χ4v) is 3.43. The number of sulfonamides is 1. The summed E-state index contributed by atoms with van der Waals surface area (Å²) in [4.78, 5) is 11.3. The molecule has 122 valence electrons. The highest BCUT2D eigenvalue weighted by molar-refractivity contribution is 7.89. The van der Waals surface area contributed by atoms with Gasteiger partial charge in [-0.25, -0.2) is 13.1 Å². The first kappa shape index (κ1) is 17.2. The monoisotopic (exact) mass is 332 g/mol. The highest BCUT2D eigenvalue weighted by Gasteiger charge is 2.21. The Morgan fingerprint density at radius 3 is 2.30 bits per heavy atom. The normalized spacial score (nSPS) is 12.8. The van der Waals surface area contributed by atoms with E-state index >= 15 is 0 Å². The van der Waals surface area contributed by atoms with E-state index in [1.807, 2.05) is 6.92 Å². The molecular weight excluding hydrogens is 314 g/mol. The number of carbonyl (C=O) groups excluding carboxylic acids is 1. The van der Waals surface area contributed by atoms with Crippen molar-refractivity contribution in [3.8, 4) is 0 Å². The standard InChI is InChI=1S/C17H19NO4S/c1-12-8-9-15(10-13(12)2)23(21,22)18-16(17(19)20)11-14-6-4-3-5-7-14/h3-10,16,18H,11H2,1-2H3,(H,19,20)/p-1. The molecule has 0 radical (unpaired) electrons. The molecule has 0 aromatic heterocycles. The van der Waals surface area contributed by atoms with Crippen LogP contribution in [0, 0.1) is 13.8 Å². The Labute approximate surface area is 136 Å². The lowest BCUT2D eigenvalue weighted by atomic mass is 10.1. The molecule has 1 atom stereocenters. The molecule has 1 N–H and O–H groups in total. The predicted octanol–water partition coefficient (Wildman–Crippen LogP) is 0.943. The Kier molecular flexibility index (Phi) is 5.18. The largest absolute Gasteiger partial charge is 0.548 e. The predicted molar refractivity (Wildman–Crippen MR) is 85.2 cm³/mol. The first-order valence-electron chi connectivity index (χ1n) is 7.14. The topological polar surface area (TPSA) is 86.3 Å². The molecule has 2 rings (SSSR count). The molecule has 2 aromatic carbocycles. The van der Waals surface area contributed by atoms with Crippen molar-refractivity contribution < 1.29 is 18.3 Å². The fourth-order valence-electron chi connectivity index (χ4n) is 2.16. The molecule has 2 aromatic rings. The van der Waals surface area contributed by atoms with E-state index in [2.05, 4.69) is 4.72 Å². The third-order valence-electron chi connectivity index (χ3n) is 3.65. The highest BCUT2D eigenvalue weighted by atomic mass is 32.2. The number of carbonyl (C=O) groups is 1. The van der Waals surface area contributed by atoms with Gasteiger partial charge in [0, 0.05) is 0 Å². The Morgan fingerprint density at radius 2 is 1.74 bits per heavy atom. The fraction of sp³-hybridized carbons (Fsp3) is 0.235. The molecule has 0 bridgehead atoms. The maximum Gasteiger partial charge on any atom is 0.241 e. The number of carboxylic acids is 1. The molecule has 0 amide bonds. The summed E-state index contributed by atoms with van der Waals surface area (Å²) in [6, 6.07) is 12.1. The second-order valence-corrected chi connectivity index (χ2v) is 7.14. The zero-order chi connectivity index (χ0) is 17.0. The number of aryl methyl sites for hydroxylation is 2. The van der Waals surface area contributed by atoms with Crippen LogP contribution in [-0.4, -0.2) is 20.4 Å². The number of carboxylic acid groups (broad SMARTS) is 1. The van der Waals surface area contributed by atoms with Crippen molar-refractivity contribution in [1.82, 2.24) is 4.72 Å². The Balaban J connectivity index is 2.24. The molecule has 23 heavy (non-hydrogen) atoms. The summed E-state index contributed by atoms with van der Waals surface area (Å²) in [7, 11) is -3.93. The Hall–Kier alpha value is -2.18. The van der Waals surface area contributed by atoms with Gasteiger partial charge in [-0.1, -0.05) is 36.4 Å². The number of hydrogen-bond donors (Lipinski definition) is 1. The van der Waals surface area contributed by atoms with Crippen molar-refractivity contribution in [3.63, 3.8) is 0 Å². The van der Waals surface area contributed by atoms with Crippen LogP contribution in [0.1, 0.15) is 16.7 Å². The second kappa shape index (κ2) is 6.93. The van der Waals surface area contributed by atoms with E-state index in [0.29, 0.717) is 5.56 Å². The first-order chi connectivity index (χ1) is 10.8. The van der Waals surface area contributed by atoms with Crippen LogP contribution in [0.5, 0.6) is 0 Å². The van der Waals surface area contributed by atoms with Crippen molar-refractivity contribution in [2.45, 2.75) is 31.2 Å². The van der Waals surface area contributed by atoms with Crippen LogP contribution in [0.3, 0.4) is 0 Å². The van der Waals surface area contributed by atoms with Crippen molar-refractivity contribution in [2.75, 3.05) is 0 Å². The molecule has 1 unspecified atom stereocenters. The van der Waals surface area contributed by atoms with E-state index in [9.17, 15) is 18.3 Å². The van der Waals surface area contributed by atoms with Crippen LogP contribution in [0.2, 0.25) is 0 Å². The number of benzene rings is 2. The third-order valence-corrected chi connectivity index (χ3v) is 5.12. The van der Waals surface area contributed by atoms with Crippen molar-refractivity contribution in [3.05, 3.63) is 65.2 Å². The molecule has 0 aliphatic carbocycles. The number of rotatable bonds is 6. The van der Waals surface area contributed by atoms with Gasteiger partial charge in [-0.2, -0.15) is 0 Å².